The minimum atomic E-state index is -1.04. The molecular formula is C13H13BrFNO4. The summed E-state index contributed by atoms with van der Waals surface area (Å²) in [4.78, 5) is 24.1. The van der Waals surface area contributed by atoms with Crippen LogP contribution in [0.15, 0.2) is 22.7 Å². The molecule has 2 rings (SSSR count). The number of carbonyl (C=O) groups is 2. The van der Waals surface area contributed by atoms with E-state index in [0.29, 0.717) is 18.7 Å². The highest BCUT2D eigenvalue weighted by Crippen LogP contribution is 2.27. The van der Waals surface area contributed by atoms with E-state index in [1.807, 2.05) is 0 Å². The van der Waals surface area contributed by atoms with Crippen LogP contribution in [0.3, 0.4) is 0 Å². The van der Waals surface area contributed by atoms with Crippen molar-refractivity contribution in [1.82, 2.24) is 4.90 Å². The summed E-state index contributed by atoms with van der Waals surface area (Å²) in [5, 5.41) is 8.56. The third kappa shape index (κ3) is 3.16. The fourth-order valence-corrected chi connectivity index (χ4v) is 2.42. The lowest BCUT2D eigenvalue weighted by atomic mass is 9.95. The molecule has 1 aromatic carbocycles. The Bertz CT molecular complexity index is 557. The number of nitrogens with zero attached hydrogens (tertiary/aromatic N) is 1. The zero-order chi connectivity index (χ0) is 14.9. The number of amides is 1. The fourth-order valence-electron chi connectivity index (χ4n) is 2.04. The van der Waals surface area contributed by atoms with Gasteiger partial charge in [-0.25, -0.2) is 9.18 Å². The Morgan fingerprint density at radius 1 is 1.50 bits per heavy atom. The van der Waals surface area contributed by atoms with Crippen LogP contribution < -0.4 is 0 Å². The molecule has 0 unspecified atom stereocenters. The number of carboxylic acids is 1. The molecule has 1 fully saturated rings. The number of hydrogen-bond acceptors (Lipinski definition) is 3. The second-order valence-corrected chi connectivity index (χ2v) is 5.78. The second-order valence-electron chi connectivity index (χ2n) is 4.92. The first-order valence-corrected chi connectivity index (χ1v) is 6.70. The molecule has 108 valence electrons. The van der Waals surface area contributed by atoms with Gasteiger partial charge in [-0.05, 0) is 41.1 Å². The lowest BCUT2D eigenvalue weighted by Gasteiger charge is -2.47. The second kappa shape index (κ2) is 5.49. The maximum Gasteiger partial charge on any atom is 0.329 e. The number of ether oxygens (including phenoxy) is 1. The Kier molecular flexibility index (Phi) is 4.10. The number of carboxylic acid groups (broad SMARTS) is 1. The van der Waals surface area contributed by atoms with Gasteiger partial charge in [0.25, 0.3) is 5.91 Å². The number of benzene rings is 1. The summed E-state index contributed by atoms with van der Waals surface area (Å²) >= 11 is 3.03. The summed E-state index contributed by atoms with van der Waals surface area (Å²) < 4.78 is 18.6. The van der Waals surface area contributed by atoms with Crippen molar-refractivity contribution in [2.75, 3.05) is 19.7 Å². The summed E-state index contributed by atoms with van der Waals surface area (Å²) in [6.45, 7) is 1.99. The highest BCUT2D eigenvalue weighted by atomic mass is 79.9. The van der Waals surface area contributed by atoms with E-state index >= 15 is 0 Å². The van der Waals surface area contributed by atoms with E-state index in [0.717, 1.165) is 0 Å². The Hall–Kier alpha value is -1.47. The van der Waals surface area contributed by atoms with E-state index in [1.54, 1.807) is 6.92 Å². The van der Waals surface area contributed by atoms with Crippen molar-refractivity contribution >= 4 is 27.8 Å². The molecule has 0 spiro atoms. The highest BCUT2D eigenvalue weighted by Gasteiger charge is 2.43. The van der Waals surface area contributed by atoms with Crippen molar-refractivity contribution in [1.29, 1.82) is 0 Å². The summed E-state index contributed by atoms with van der Waals surface area (Å²) in [5.74, 6) is -1.71. The summed E-state index contributed by atoms with van der Waals surface area (Å²) in [7, 11) is 0. The van der Waals surface area contributed by atoms with Gasteiger partial charge in [0.05, 0.1) is 17.6 Å². The molecule has 0 atom stereocenters. The summed E-state index contributed by atoms with van der Waals surface area (Å²) in [6.07, 6.45) is 0. The summed E-state index contributed by atoms with van der Waals surface area (Å²) in [5.41, 5.74) is -0.260. The Morgan fingerprint density at radius 3 is 2.70 bits per heavy atom. The van der Waals surface area contributed by atoms with Crippen molar-refractivity contribution in [2.24, 2.45) is 0 Å². The quantitative estimate of drug-likeness (QED) is 0.904. The van der Waals surface area contributed by atoms with Gasteiger partial charge in [0.1, 0.15) is 18.0 Å². The molecule has 1 aromatic rings. The maximum absolute atomic E-state index is 13.1. The molecule has 7 heteroatoms. The van der Waals surface area contributed by atoms with Crippen LogP contribution in [0.2, 0.25) is 0 Å². The lowest BCUT2D eigenvalue weighted by Crippen LogP contribution is -2.63. The number of hydrogen-bond donors (Lipinski definition) is 1. The minimum Gasteiger partial charge on any atom is -0.480 e. The first kappa shape index (κ1) is 14.9. The van der Waals surface area contributed by atoms with Crippen molar-refractivity contribution in [3.05, 3.63) is 34.1 Å². The molecule has 1 heterocycles. The van der Waals surface area contributed by atoms with Gasteiger partial charge < -0.3 is 14.7 Å². The predicted molar refractivity (Wildman–Crippen MR) is 72.0 cm³/mol. The maximum atomic E-state index is 13.1. The zero-order valence-electron chi connectivity index (χ0n) is 10.7. The van der Waals surface area contributed by atoms with Crippen LogP contribution in [-0.4, -0.2) is 47.2 Å². The van der Waals surface area contributed by atoms with E-state index in [4.69, 9.17) is 9.84 Å². The number of halogens is 2. The van der Waals surface area contributed by atoms with Gasteiger partial charge in [0, 0.05) is 5.56 Å². The molecule has 0 aliphatic carbocycles. The number of carbonyl (C=O) groups excluding carboxylic acids is 1. The predicted octanol–water partition coefficient (Wildman–Crippen LogP) is 1.90. The summed E-state index contributed by atoms with van der Waals surface area (Å²) in [6, 6.07) is 4.05. The lowest BCUT2D eigenvalue weighted by molar-refractivity contribution is -0.159. The molecule has 0 radical (unpaired) electrons. The molecule has 1 saturated heterocycles. The van der Waals surface area contributed by atoms with E-state index < -0.39 is 17.4 Å². The molecule has 0 aromatic heterocycles. The van der Waals surface area contributed by atoms with Crippen LogP contribution in [0.4, 0.5) is 4.39 Å². The highest BCUT2D eigenvalue weighted by molar-refractivity contribution is 9.10. The van der Waals surface area contributed by atoms with Gasteiger partial charge in [0.2, 0.25) is 0 Å². The van der Waals surface area contributed by atoms with Gasteiger partial charge in [-0.1, -0.05) is 0 Å². The molecule has 20 heavy (non-hydrogen) atoms. The number of aliphatic carboxylic acids is 1. The largest absolute Gasteiger partial charge is 0.480 e. The topological polar surface area (TPSA) is 66.8 Å². The molecule has 1 aliphatic heterocycles. The molecule has 1 amide bonds. The fraction of sp³-hybridized carbons (Fsp3) is 0.385. The molecule has 1 N–H and O–H groups in total. The Labute approximate surface area is 123 Å². The van der Waals surface area contributed by atoms with Crippen molar-refractivity contribution < 1.29 is 23.8 Å². The first-order chi connectivity index (χ1) is 9.31. The molecule has 1 aliphatic rings. The third-order valence-electron chi connectivity index (χ3n) is 3.05. The van der Waals surface area contributed by atoms with Gasteiger partial charge in [0.15, 0.2) is 0 Å². The molecular weight excluding hydrogens is 333 g/mol. The van der Waals surface area contributed by atoms with E-state index in [2.05, 4.69) is 15.9 Å². The van der Waals surface area contributed by atoms with E-state index in [1.165, 1.54) is 23.1 Å². The van der Waals surface area contributed by atoms with Gasteiger partial charge in [-0.2, -0.15) is 0 Å². The smallest absolute Gasteiger partial charge is 0.329 e. The van der Waals surface area contributed by atoms with Crippen molar-refractivity contribution in [3.8, 4) is 0 Å². The van der Waals surface area contributed by atoms with E-state index in [-0.39, 0.29) is 17.0 Å². The van der Waals surface area contributed by atoms with Crippen LogP contribution in [-0.2, 0) is 9.53 Å². The molecule has 0 saturated carbocycles. The average molecular weight is 346 g/mol. The average Bonchev–Trinajstić information content (AvgIpc) is 2.35. The SMILES string of the molecule is CC1(OCC(=O)O)CN(C(=O)c2ccc(F)c(Br)c2)C1. The van der Waals surface area contributed by atoms with Gasteiger partial charge in [-0.15, -0.1) is 0 Å². The molecule has 5 nitrogen and oxygen atoms in total. The zero-order valence-corrected chi connectivity index (χ0v) is 12.3. The number of rotatable bonds is 4. The van der Waals surface area contributed by atoms with Crippen LogP contribution in [0.5, 0.6) is 0 Å². The Morgan fingerprint density at radius 2 is 2.15 bits per heavy atom. The van der Waals surface area contributed by atoms with Crippen LogP contribution in [0.1, 0.15) is 17.3 Å². The normalized spacial score (nSPS) is 16.6. The van der Waals surface area contributed by atoms with Gasteiger partial charge >= 0.3 is 5.97 Å². The monoisotopic (exact) mass is 345 g/mol. The van der Waals surface area contributed by atoms with Crippen molar-refractivity contribution in [3.63, 3.8) is 0 Å². The van der Waals surface area contributed by atoms with Crippen LogP contribution in [0, 0.1) is 5.82 Å². The van der Waals surface area contributed by atoms with E-state index in [9.17, 15) is 14.0 Å². The minimum absolute atomic E-state index is 0.230. The molecule has 0 bridgehead atoms. The Balaban J connectivity index is 1.96. The number of likely N-dealkylation sites (tertiary alicyclic amines) is 1. The van der Waals surface area contributed by atoms with Gasteiger partial charge in [-0.3, -0.25) is 4.79 Å². The standard InChI is InChI=1S/C13H13BrFNO4/c1-13(20-5-11(17)18)6-16(7-13)12(19)8-2-3-10(15)9(14)4-8/h2-4H,5-7H2,1H3,(H,17,18). The van der Waals surface area contributed by atoms with Crippen molar-refractivity contribution in [2.45, 2.75) is 12.5 Å². The van der Waals surface area contributed by atoms with Crippen LogP contribution >= 0.6 is 15.9 Å². The third-order valence-corrected chi connectivity index (χ3v) is 3.66. The first-order valence-electron chi connectivity index (χ1n) is 5.91. The van der Waals surface area contributed by atoms with Crippen LogP contribution in [0.25, 0.3) is 0 Å².